The van der Waals surface area contributed by atoms with Crippen molar-refractivity contribution >= 4 is 45.7 Å². The lowest BCUT2D eigenvalue weighted by molar-refractivity contribution is -0.0893. The molecule has 0 aliphatic heterocycles. The maximum absolute atomic E-state index is 10.5. The molecule has 7 rings (SSSR count). The summed E-state index contributed by atoms with van der Waals surface area (Å²) in [5, 5.41) is 13.6. The number of hydrogen-bond donors (Lipinski definition) is 1. The van der Waals surface area contributed by atoms with Gasteiger partial charge in [-0.2, -0.15) is 0 Å². The molecule has 1 N–H and O–H groups in total. The van der Waals surface area contributed by atoms with E-state index in [1.807, 2.05) is 74.5 Å². The standard InChI is InChI=1S/C39H33BN3O2/c1-38(2,44)39(3,4)45-40-28-21-19-27(20-22-28)34-30-23-24-32-37(33(30)29-17-11-12-18-31(29)41-34)43-36(26-15-9-6-10-16-26)35(42-32)25-13-7-5-8-14-25/h5-24,44H,1-4H3. The Bertz CT molecular complexity index is 2160. The second kappa shape index (κ2) is 11.2. The average molecular weight is 587 g/mol. The first-order chi connectivity index (χ1) is 21.7. The number of pyridine rings is 1. The van der Waals surface area contributed by atoms with Crippen LogP contribution in [0.1, 0.15) is 27.7 Å². The summed E-state index contributed by atoms with van der Waals surface area (Å²) >= 11 is 0. The van der Waals surface area contributed by atoms with E-state index in [9.17, 15) is 5.11 Å². The van der Waals surface area contributed by atoms with Crippen LogP contribution in [0.25, 0.3) is 66.5 Å². The van der Waals surface area contributed by atoms with Gasteiger partial charge >= 0.3 is 7.48 Å². The first kappa shape index (κ1) is 28.8. The summed E-state index contributed by atoms with van der Waals surface area (Å²) in [6, 6.07) is 41.1. The van der Waals surface area contributed by atoms with Crippen molar-refractivity contribution in [3.05, 3.63) is 121 Å². The van der Waals surface area contributed by atoms with Crippen molar-refractivity contribution in [1.29, 1.82) is 0 Å². The third-order valence-corrected chi connectivity index (χ3v) is 8.74. The fourth-order valence-corrected chi connectivity index (χ4v) is 5.45. The molecule has 7 aromatic rings. The highest BCUT2D eigenvalue weighted by molar-refractivity contribution is 6.47. The van der Waals surface area contributed by atoms with E-state index in [0.29, 0.717) is 0 Å². The molecule has 2 aromatic heterocycles. The van der Waals surface area contributed by atoms with E-state index in [4.69, 9.17) is 19.6 Å². The van der Waals surface area contributed by atoms with Crippen molar-refractivity contribution in [1.82, 2.24) is 15.0 Å². The molecule has 0 amide bonds. The molecule has 2 heterocycles. The quantitative estimate of drug-likeness (QED) is 0.151. The van der Waals surface area contributed by atoms with Crippen molar-refractivity contribution < 1.29 is 9.76 Å². The predicted octanol–water partition coefficient (Wildman–Crippen LogP) is 8.14. The summed E-state index contributed by atoms with van der Waals surface area (Å²) in [6.07, 6.45) is 0. The van der Waals surface area contributed by atoms with Gasteiger partial charge in [0, 0.05) is 32.8 Å². The Morgan fingerprint density at radius 3 is 1.73 bits per heavy atom. The molecular weight excluding hydrogens is 553 g/mol. The first-order valence-corrected chi connectivity index (χ1v) is 15.2. The molecule has 1 radical (unpaired) electrons. The van der Waals surface area contributed by atoms with E-state index in [1.54, 1.807) is 21.3 Å². The molecule has 0 spiro atoms. The summed E-state index contributed by atoms with van der Waals surface area (Å²) in [5.74, 6) is 0. The predicted molar refractivity (Wildman–Crippen MR) is 186 cm³/mol. The summed E-state index contributed by atoms with van der Waals surface area (Å²) in [7, 11) is 1.70. The van der Waals surface area contributed by atoms with Crippen LogP contribution in [0.5, 0.6) is 0 Å². The molecule has 0 aliphatic carbocycles. The smallest absolute Gasteiger partial charge is 0.330 e. The van der Waals surface area contributed by atoms with Crippen LogP contribution in [0.3, 0.4) is 0 Å². The molecule has 0 fully saturated rings. The zero-order valence-corrected chi connectivity index (χ0v) is 25.8. The molecule has 0 aliphatic rings. The van der Waals surface area contributed by atoms with Crippen molar-refractivity contribution in [2.24, 2.45) is 0 Å². The van der Waals surface area contributed by atoms with Crippen molar-refractivity contribution in [3.8, 4) is 33.8 Å². The maximum atomic E-state index is 10.5. The lowest BCUT2D eigenvalue weighted by atomic mass is 9.82. The molecule has 0 saturated heterocycles. The second-order valence-corrected chi connectivity index (χ2v) is 12.4. The largest absolute Gasteiger partial charge is 0.427 e. The maximum Gasteiger partial charge on any atom is 0.330 e. The van der Waals surface area contributed by atoms with Crippen molar-refractivity contribution in [2.75, 3.05) is 0 Å². The van der Waals surface area contributed by atoms with Gasteiger partial charge in [-0.25, -0.2) is 15.0 Å². The van der Waals surface area contributed by atoms with E-state index >= 15 is 0 Å². The van der Waals surface area contributed by atoms with Gasteiger partial charge in [-0.15, -0.1) is 0 Å². The Morgan fingerprint density at radius 1 is 0.533 bits per heavy atom. The lowest BCUT2D eigenvalue weighted by Crippen LogP contribution is -2.49. The van der Waals surface area contributed by atoms with Gasteiger partial charge in [0.1, 0.15) is 0 Å². The Hall–Kier alpha value is -4.91. The average Bonchev–Trinajstić information content (AvgIpc) is 3.06. The molecule has 6 heteroatoms. The van der Waals surface area contributed by atoms with Crippen LogP contribution in [0, 0.1) is 0 Å². The lowest BCUT2D eigenvalue weighted by Gasteiger charge is -2.37. The molecule has 0 bridgehead atoms. The summed E-state index contributed by atoms with van der Waals surface area (Å²) in [4.78, 5) is 15.8. The van der Waals surface area contributed by atoms with Crippen LogP contribution in [-0.4, -0.2) is 38.7 Å². The van der Waals surface area contributed by atoms with Crippen molar-refractivity contribution in [2.45, 2.75) is 38.9 Å². The van der Waals surface area contributed by atoms with Crippen LogP contribution in [-0.2, 0) is 4.65 Å². The minimum absolute atomic E-state index is 0.747. The number of fused-ring (bicyclic) bond motifs is 5. The van der Waals surface area contributed by atoms with Crippen LogP contribution in [0.2, 0.25) is 0 Å². The number of aromatic nitrogens is 3. The highest BCUT2D eigenvalue weighted by Gasteiger charge is 2.35. The monoisotopic (exact) mass is 586 g/mol. The molecule has 0 atom stereocenters. The van der Waals surface area contributed by atoms with Crippen LogP contribution < -0.4 is 5.46 Å². The van der Waals surface area contributed by atoms with Crippen LogP contribution in [0.15, 0.2) is 121 Å². The van der Waals surface area contributed by atoms with Crippen molar-refractivity contribution in [3.63, 3.8) is 0 Å². The Labute approximate surface area is 263 Å². The fourth-order valence-electron chi connectivity index (χ4n) is 5.45. The first-order valence-electron chi connectivity index (χ1n) is 15.2. The summed E-state index contributed by atoms with van der Waals surface area (Å²) in [5.41, 5.74) is 7.35. The van der Waals surface area contributed by atoms with E-state index in [-0.39, 0.29) is 0 Å². The van der Waals surface area contributed by atoms with Crippen LogP contribution >= 0.6 is 0 Å². The van der Waals surface area contributed by atoms with Gasteiger partial charge in [0.15, 0.2) is 0 Å². The fraction of sp³-hybridized carbons (Fsp3) is 0.154. The molecular formula is C39H33BN3O2. The number of para-hydroxylation sites is 1. The zero-order valence-electron chi connectivity index (χ0n) is 25.8. The summed E-state index contributed by atoms with van der Waals surface area (Å²) in [6.45, 7) is 7.25. The number of aliphatic hydroxyl groups is 1. The molecule has 5 nitrogen and oxygen atoms in total. The van der Waals surface area contributed by atoms with Gasteiger partial charge in [0.05, 0.1) is 44.8 Å². The second-order valence-electron chi connectivity index (χ2n) is 12.4. The SMILES string of the molecule is CC(C)(O)C(C)(C)O[B]c1ccc(-c2nc3ccccc3c3c2ccc2nc(-c4ccccc4)c(-c4ccccc4)nc23)cc1. The van der Waals surface area contributed by atoms with Gasteiger partial charge in [-0.1, -0.05) is 109 Å². The Morgan fingerprint density at radius 2 is 1.09 bits per heavy atom. The highest BCUT2D eigenvalue weighted by atomic mass is 16.5. The minimum Gasteiger partial charge on any atom is -0.427 e. The van der Waals surface area contributed by atoms with Gasteiger partial charge in [-0.05, 0) is 45.9 Å². The molecule has 0 unspecified atom stereocenters. The molecule has 219 valence electrons. The normalized spacial score (nSPS) is 12.2. The van der Waals surface area contributed by atoms with E-state index in [0.717, 1.165) is 71.9 Å². The van der Waals surface area contributed by atoms with Crippen LogP contribution in [0.4, 0.5) is 0 Å². The number of rotatable bonds is 7. The molecule has 0 saturated carbocycles. The van der Waals surface area contributed by atoms with E-state index < -0.39 is 11.2 Å². The Kier molecular flexibility index (Phi) is 7.19. The number of benzene rings is 5. The zero-order chi connectivity index (χ0) is 31.2. The Balaban J connectivity index is 1.41. The number of hydrogen-bond acceptors (Lipinski definition) is 5. The third kappa shape index (κ3) is 5.37. The molecule has 5 aromatic carbocycles. The topological polar surface area (TPSA) is 68.1 Å². The van der Waals surface area contributed by atoms with Gasteiger partial charge in [0.25, 0.3) is 0 Å². The van der Waals surface area contributed by atoms with Gasteiger partial charge < -0.3 is 9.76 Å². The summed E-state index contributed by atoms with van der Waals surface area (Å²) < 4.78 is 5.99. The van der Waals surface area contributed by atoms with E-state index in [1.165, 1.54) is 0 Å². The minimum atomic E-state index is -0.995. The number of nitrogens with zero attached hydrogens (tertiary/aromatic N) is 3. The van der Waals surface area contributed by atoms with Gasteiger partial charge in [0.2, 0.25) is 0 Å². The van der Waals surface area contributed by atoms with Gasteiger partial charge in [-0.3, -0.25) is 0 Å². The third-order valence-electron chi connectivity index (χ3n) is 8.74. The highest BCUT2D eigenvalue weighted by Crippen LogP contribution is 2.38. The molecule has 45 heavy (non-hydrogen) atoms. The van der Waals surface area contributed by atoms with E-state index in [2.05, 4.69) is 60.7 Å².